The molecule has 3 aromatic heterocycles. The van der Waals surface area contributed by atoms with Gasteiger partial charge in [0.2, 0.25) is 0 Å². The number of nitrogens with zero attached hydrogens (tertiary/aromatic N) is 4. The molecule has 23 heavy (non-hydrogen) atoms. The van der Waals surface area contributed by atoms with Gasteiger partial charge in [-0.25, -0.2) is 14.4 Å². The van der Waals surface area contributed by atoms with E-state index in [1.54, 1.807) is 30.6 Å². The van der Waals surface area contributed by atoms with Crippen LogP contribution in [-0.4, -0.2) is 19.5 Å². The molecule has 6 heteroatoms. The number of hydrogen-bond donors (Lipinski definition) is 1. The minimum absolute atomic E-state index is 0.289. The van der Waals surface area contributed by atoms with E-state index in [0.717, 1.165) is 16.8 Å². The third kappa shape index (κ3) is 2.30. The molecule has 1 aromatic carbocycles. The van der Waals surface area contributed by atoms with E-state index in [4.69, 9.17) is 5.73 Å². The number of imidazole rings is 1. The molecule has 3 heterocycles. The van der Waals surface area contributed by atoms with Crippen LogP contribution in [0.5, 0.6) is 0 Å². The molecule has 4 rings (SSSR count). The van der Waals surface area contributed by atoms with Gasteiger partial charge in [0.1, 0.15) is 23.0 Å². The minimum Gasteiger partial charge on any atom is -0.384 e. The van der Waals surface area contributed by atoms with Crippen molar-refractivity contribution < 1.29 is 4.39 Å². The Morgan fingerprint density at radius 1 is 0.870 bits per heavy atom. The van der Waals surface area contributed by atoms with Crippen LogP contribution in [0.1, 0.15) is 0 Å². The van der Waals surface area contributed by atoms with Gasteiger partial charge in [0.25, 0.3) is 0 Å². The molecule has 0 fully saturated rings. The van der Waals surface area contributed by atoms with Crippen molar-refractivity contribution in [2.45, 2.75) is 0 Å². The number of nitrogens with two attached hydrogens (primary N) is 1. The zero-order valence-electron chi connectivity index (χ0n) is 12.0. The topological polar surface area (TPSA) is 69.6 Å². The van der Waals surface area contributed by atoms with Crippen molar-refractivity contribution in [3.63, 3.8) is 0 Å². The van der Waals surface area contributed by atoms with E-state index in [-0.39, 0.29) is 5.82 Å². The summed E-state index contributed by atoms with van der Waals surface area (Å²) < 4.78 is 15.1. The Hall–Kier alpha value is -3.28. The summed E-state index contributed by atoms with van der Waals surface area (Å²) in [5.41, 5.74) is 8.84. The van der Waals surface area contributed by atoms with E-state index in [2.05, 4.69) is 15.0 Å². The summed E-state index contributed by atoms with van der Waals surface area (Å²) >= 11 is 0. The molecule has 0 atom stereocenters. The van der Waals surface area contributed by atoms with E-state index >= 15 is 0 Å². The summed E-state index contributed by atoms with van der Waals surface area (Å²) in [5, 5.41) is 0. The van der Waals surface area contributed by atoms with Crippen LogP contribution in [-0.2, 0) is 0 Å². The molecule has 0 aliphatic heterocycles. The van der Waals surface area contributed by atoms with Gasteiger partial charge in [-0.2, -0.15) is 0 Å². The zero-order valence-corrected chi connectivity index (χ0v) is 12.0. The fraction of sp³-hybridized carbons (Fsp3) is 0. The molecule has 112 valence electrons. The number of nitrogen functional groups attached to an aromatic ring is 1. The Balaban J connectivity index is 2.05. The van der Waals surface area contributed by atoms with E-state index in [1.807, 2.05) is 22.8 Å². The average Bonchev–Trinajstić information content (AvgIpc) is 2.95. The zero-order chi connectivity index (χ0) is 15.8. The third-order valence-corrected chi connectivity index (χ3v) is 3.55. The van der Waals surface area contributed by atoms with Crippen LogP contribution >= 0.6 is 0 Å². The molecule has 0 aliphatic carbocycles. The molecule has 0 bridgehead atoms. The Morgan fingerprint density at radius 3 is 2.35 bits per heavy atom. The highest BCUT2D eigenvalue weighted by atomic mass is 19.1. The molecule has 0 amide bonds. The fourth-order valence-electron chi connectivity index (χ4n) is 2.50. The molecule has 0 radical (unpaired) electrons. The maximum Gasteiger partial charge on any atom is 0.167 e. The lowest BCUT2D eigenvalue weighted by Crippen LogP contribution is -2.00. The van der Waals surface area contributed by atoms with Crippen molar-refractivity contribution in [3.05, 3.63) is 66.7 Å². The molecule has 0 aliphatic rings. The van der Waals surface area contributed by atoms with Gasteiger partial charge in [-0.05, 0) is 48.5 Å². The lowest BCUT2D eigenvalue weighted by atomic mass is 10.2. The summed E-state index contributed by atoms with van der Waals surface area (Å²) in [4.78, 5) is 13.1. The lowest BCUT2D eigenvalue weighted by Gasteiger charge is -2.08. The van der Waals surface area contributed by atoms with Crippen molar-refractivity contribution in [1.82, 2.24) is 19.5 Å². The summed E-state index contributed by atoms with van der Waals surface area (Å²) in [6.45, 7) is 0. The Bertz CT molecular complexity index is 977. The SMILES string of the molecule is Nc1ccc2nc(-c3ccc(F)cc3)n(-c3ccncc3)c2n1. The van der Waals surface area contributed by atoms with E-state index in [0.29, 0.717) is 17.3 Å². The van der Waals surface area contributed by atoms with Gasteiger partial charge in [-0.15, -0.1) is 0 Å². The van der Waals surface area contributed by atoms with E-state index in [1.165, 1.54) is 12.1 Å². The van der Waals surface area contributed by atoms with Gasteiger partial charge in [0.05, 0.1) is 5.69 Å². The summed E-state index contributed by atoms with van der Waals surface area (Å²) in [5.74, 6) is 0.797. The van der Waals surface area contributed by atoms with Crippen LogP contribution < -0.4 is 5.73 Å². The Kier molecular flexibility index (Phi) is 3.01. The van der Waals surface area contributed by atoms with Crippen molar-refractivity contribution in [1.29, 1.82) is 0 Å². The van der Waals surface area contributed by atoms with Gasteiger partial charge in [0.15, 0.2) is 5.65 Å². The van der Waals surface area contributed by atoms with Gasteiger partial charge in [0, 0.05) is 18.0 Å². The van der Waals surface area contributed by atoms with Crippen molar-refractivity contribution in [3.8, 4) is 17.1 Å². The van der Waals surface area contributed by atoms with Crippen molar-refractivity contribution >= 4 is 17.0 Å². The van der Waals surface area contributed by atoms with Crippen LogP contribution in [0.3, 0.4) is 0 Å². The molecular formula is C17H12FN5. The van der Waals surface area contributed by atoms with E-state index in [9.17, 15) is 4.39 Å². The molecule has 0 spiro atoms. The molecular weight excluding hydrogens is 293 g/mol. The number of aromatic nitrogens is 4. The number of anilines is 1. The van der Waals surface area contributed by atoms with E-state index < -0.39 is 0 Å². The fourth-order valence-corrected chi connectivity index (χ4v) is 2.50. The monoisotopic (exact) mass is 305 g/mol. The molecule has 0 unspecified atom stereocenters. The quantitative estimate of drug-likeness (QED) is 0.617. The molecule has 4 aromatic rings. The lowest BCUT2D eigenvalue weighted by molar-refractivity contribution is 0.628. The number of halogens is 1. The second kappa shape index (κ2) is 5.17. The largest absolute Gasteiger partial charge is 0.384 e. The van der Waals surface area contributed by atoms with Gasteiger partial charge in [-0.3, -0.25) is 9.55 Å². The van der Waals surface area contributed by atoms with Gasteiger partial charge >= 0.3 is 0 Å². The first-order valence-corrected chi connectivity index (χ1v) is 7.04. The molecule has 5 nitrogen and oxygen atoms in total. The standard InChI is InChI=1S/C17H12FN5/c18-12-3-1-11(2-4-12)16-21-14-5-6-15(19)22-17(14)23(16)13-7-9-20-10-8-13/h1-10H,(H2,19,22). The molecule has 2 N–H and O–H groups in total. The average molecular weight is 305 g/mol. The normalized spacial score (nSPS) is 11.0. The summed E-state index contributed by atoms with van der Waals surface area (Å²) in [6, 6.07) is 13.5. The van der Waals surface area contributed by atoms with Crippen molar-refractivity contribution in [2.75, 3.05) is 5.73 Å². The number of benzene rings is 1. The Labute approximate surface area is 131 Å². The predicted molar refractivity (Wildman–Crippen MR) is 86.5 cm³/mol. The van der Waals surface area contributed by atoms with Crippen LogP contribution in [0.25, 0.3) is 28.2 Å². The number of hydrogen-bond acceptors (Lipinski definition) is 4. The smallest absolute Gasteiger partial charge is 0.167 e. The Morgan fingerprint density at radius 2 is 1.61 bits per heavy atom. The second-order valence-electron chi connectivity index (χ2n) is 5.06. The highest BCUT2D eigenvalue weighted by Crippen LogP contribution is 2.28. The summed E-state index contributed by atoms with van der Waals surface area (Å²) in [7, 11) is 0. The first kappa shape index (κ1) is 13.4. The van der Waals surface area contributed by atoms with Crippen LogP contribution in [0.4, 0.5) is 10.2 Å². The highest BCUT2D eigenvalue weighted by Gasteiger charge is 2.15. The maximum atomic E-state index is 13.2. The second-order valence-corrected chi connectivity index (χ2v) is 5.06. The highest BCUT2D eigenvalue weighted by molar-refractivity contribution is 5.81. The minimum atomic E-state index is -0.289. The number of fused-ring (bicyclic) bond motifs is 1. The molecule has 0 saturated heterocycles. The van der Waals surface area contributed by atoms with Gasteiger partial charge < -0.3 is 5.73 Å². The van der Waals surface area contributed by atoms with Gasteiger partial charge in [-0.1, -0.05) is 0 Å². The first-order valence-electron chi connectivity index (χ1n) is 7.04. The summed E-state index contributed by atoms with van der Waals surface area (Å²) in [6.07, 6.45) is 3.39. The van der Waals surface area contributed by atoms with Crippen LogP contribution in [0.15, 0.2) is 60.9 Å². The maximum absolute atomic E-state index is 13.2. The van der Waals surface area contributed by atoms with Crippen LogP contribution in [0, 0.1) is 5.82 Å². The first-order chi connectivity index (χ1) is 11.2. The molecule has 0 saturated carbocycles. The number of pyridine rings is 2. The number of rotatable bonds is 2. The van der Waals surface area contributed by atoms with Crippen molar-refractivity contribution in [2.24, 2.45) is 0 Å². The predicted octanol–water partition coefficient (Wildman–Crippen LogP) is 3.20. The van der Waals surface area contributed by atoms with Crippen LogP contribution in [0.2, 0.25) is 0 Å². The third-order valence-electron chi connectivity index (χ3n) is 3.55.